The maximum Gasteiger partial charge on any atom is 0.322 e. The van der Waals surface area contributed by atoms with Crippen LogP contribution in [0.2, 0.25) is 5.02 Å². The molecular weight excluding hydrogens is 467 g/mol. The van der Waals surface area contributed by atoms with Crippen molar-refractivity contribution in [2.75, 3.05) is 25.0 Å². The monoisotopic (exact) mass is 490 g/mol. The molecule has 0 aromatic heterocycles. The highest BCUT2D eigenvalue weighted by Crippen LogP contribution is 2.28. The van der Waals surface area contributed by atoms with Crippen molar-refractivity contribution >= 4 is 35.0 Å². The Labute approximate surface area is 208 Å². The molecule has 1 unspecified atom stereocenters. The van der Waals surface area contributed by atoms with Crippen LogP contribution in [0.4, 0.5) is 20.6 Å². The summed E-state index contributed by atoms with van der Waals surface area (Å²) in [6.07, 6.45) is 1.96. The van der Waals surface area contributed by atoms with Crippen LogP contribution in [0.3, 0.4) is 0 Å². The van der Waals surface area contributed by atoms with E-state index < -0.39 is 6.04 Å². The molecule has 1 atom stereocenters. The number of nitrogens with one attached hydrogen (secondary N) is 2. The van der Waals surface area contributed by atoms with Gasteiger partial charge in [-0.2, -0.15) is 5.26 Å². The number of carbonyl (C=O) groups excluding carboxylic acids is 1. The number of nitriles is 1. The first kappa shape index (κ1) is 24.0. The fourth-order valence-corrected chi connectivity index (χ4v) is 4.07. The molecule has 0 spiro atoms. The van der Waals surface area contributed by atoms with Crippen LogP contribution in [0.5, 0.6) is 0 Å². The van der Waals surface area contributed by atoms with Crippen molar-refractivity contribution in [1.82, 2.24) is 15.1 Å². The number of aliphatic imine (C=N–C) groups is 1. The standard InChI is InChI=1S/C26H24ClFN6O/c1-18-4-2-3-5-23(18)32-25(30-17-29)33-14-15-34(24(16-33)19-6-10-21(28)11-7-19)26(35)31-22-12-8-20(27)9-13-22/h2-13,24H,14-16H2,1H3,(H,30,32)(H,31,35). The van der Waals surface area contributed by atoms with Gasteiger partial charge in [-0.1, -0.05) is 41.9 Å². The molecule has 7 nitrogen and oxygen atoms in total. The van der Waals surface area contributed by atoms with Gasteiger partial charge >= 0.3 is 6.03 Å². The number of halogens is 2. The predicted molar refractivity (Wildman–Crippen MR) is 135 cm³/mol. The van der Waals surface area contributed by atoms with E-state index in [0.717, 1.165) is 16.8 Å². The minimum atomic E-state index is -0.404. The van der Waals surface area contributed by atoms with E-state index in [9.17, 15) is 14.4 Å². The van der Waals surface area contributed by atoms with Crippen LogP contribution >= 0.6 is 11.6 Å². The second-order valence-corrected chi connectivity index (χ2v) is 8.54. The van der Waals surface area contributed by atoms with Crippen LogP contribution in [0.25, 0.3) is 0 Å². The van der Waals surface area contributed by atoms with Crippen LogP contribution in [0, 0.1) is 24.2 Å². The Morgan fingerprint density at radius 2 is 1.80 bits per heavy atom. The molecule has 0 aliphatic carbocycles. The quantitative estimate of drug-likeness (QED) is 0.222. The highest BCUT2D eigenvalue weighted by Gasteiger charge is 2.33. The average molecular weight is 491 g/mol. The molecule has 0 bridgehead atoms. The second-order valence-electron chi connectivity index (χ2n) is 8.10. The van der Waals surface area contributed by atoms with Gasteiger partial charge in [0.25, 0.3) is 0 Å². The Kier molecular flexibility index (Phi) is 7.48. The molecule has 3 aromatic carbocycles. The molecule has 1 fully saturated rings. The van der Waals surface area contributed by atoms with Crippen molar-refractivity contribution in [1.29, 1.82) is 5.26 Å². The molecule has 0 saturated carbocycles. The molecule has 178 valence electrons. The number of carbonyl (C=O) groups is 1. The summed E-state index contributed by atoms with van der Waals surface area (Å²) in [4.78, 5) is 21.5. The lowest BCUT2D eigenvalue weighted by molar-refractivity contribution is 0.135. The van der Waals surface area contributed by atoms with Gasteiger partial charge in [-0.15, -0.1) is 0 Å². The Morgan fingerprint density at radius 1 is 1.09 bits per heavy atom. The van der Waals surface area contributed by atoms with Crippen molar-refractivity contribution in [2.24, 2.45) is 4.99 Å². The van der Waals surface area contributed by atoms with E-state index in [4.69, 9.17) is 11.6 Å². The lowest BCUT2D eigenvalue weighted by Crippen LogP contribution is -2.55. The molecule has 4 rings (SSSR count). The van der Waals surface area contributed by atoms with Crippen LogP contribution in [-0.2, 0) is 0 Å². The van der Waals surface area contributed by atoms with E-state index in [0.29, 0.717) is 36.3 Å². The third-order valence-corrected chi connectivity index (χ3v) is 6.05. The fraction of sp³-hybridized carbons (Fsp3) is 0.192. The first-order chi connectivity index (χ1) is 16.9. The summed E-state index contributed by atoms with van der Waals surface area (Å²) >= 11 is 5.95. The van der Waals surface area contributed by atoms with Crippen molar-refractivity contribution in [2.45, 2.75) is 13.0 Å². The number of aryl methyl sites for hydroxylation is 1. The van der Waals surface area contributed by atoms with E-state index in [-0.39, 0.29) is 11.8 Å². The van der Waals surface area contributed by atoms with Crippen molar-refractivity contribution in [3.8, 4) is 6.19 Å². The summed E-state index contributed by atoms with van der Waals surface area (Å²) in [5.41, 5.74) is 3.11. The smallest absolute Gasteiger partial charge is 0.322 e. The van der Waals surface area contributed by atoms with Gasteiger partial charge in [0.15, 0.2) is 6.19 Å². The molecule has 9 heteroatoms. The van der Waals surface area contributed by atoms with E-state index in [1.807, 2.05) is 42.3 Å². The summed E-state index contributed by atoms with van der Waals surface area (Å²) < 4.78 is 13.6. The van der Waals surface area contributed by atoms with Crippen molar-refractivity contribution in [3.63, 3.8) is 0 Å². The number of para-hydroxylation sites is 1. The highest BCUT2D eigenvalue weighted by molar-refractivity contribution is 6.30. The molecule has 1 aliphatic heterocycles. The number of rotatable bonds is 3. The number of anilines is 1. The largest absolute Gasteiger partial charge is 0.338 e. The Hall–Kier alpha value is -4.09. The molecule has 1 aliphatic rings. The number of amides is 2. The van der Waals surface area contributed by atoms with Gasteiger partial charge in [-0.05, 0) is 60.5 Å². The van der Waals surface area contributed by atoms with Gasteiger partial charge in [0.05, 0.1) is 11.7 Å². The zero-order valence-corrected chi connectivity index (χ0v) is 19.8. The molecule has 35 heavy (non-hydrogen) atoms. The summed E-state index contributed by atoms with van der Waals surface area (Å²) in [6.45, 7) is 3.12. The Balaban J connectivity index is 1.62. The van der Waals surface area contributed by atoms with Crippen LogP contribution in [0.15, 0.2) is 77.8 Å². The van der Waals surface area contributed by atoms with Crippen molar-refractivity contribution < 1.29 is 9.18 Å². The second kappa shape index (κ2) is 10.9. The SMILES string of the molecule is Cc1ccccc1N=C(NC#N)N1CCN(C(=O)Nc2ccc(Cl)cc2)C(c2ccc(F)cc2)C1. The fourth-order valence-electron chi connectivity index (χ4n) is 3.95. The van der Waals surface area contributed by atoms with Gasteiger partial charge < -0.3 is 15.1 Å². The molecular formula is C26H24ClFN6O. The minimum Gasteiger partial charge on any atom is -0.338 e. The molecule has 0 radical (unpaired) electrons. The Bertz CT molecular complexity index is 1260. The first-order valence-corrected chi connectivity index (χ1v) is 11.5. The first-order valence-electron chi connectivity index (χ1n) is 11.1. The summed E-state index contributed by atoms with van der Waals surface area (Å²) in [6, 6.07) is 19.9. The number of urea groups is 1. The number of hydrogen-bond donors (Lipinski definition) is 2. The number of piperazine rings is 1. The van der Waals surface area contributed by atoms with E-state index >= 15 is 0 Å². The number of nitrogens with zero attached hydrogens (tertiary/aromatic N) is 4. The van der Waals surface area contributed by atoms with E-state index in [2.05, 4.69) is 15.6 Å². The minimum absolute atomic E-state index is 0.285. The van der Waals surface area contributed by atoms with Crippen LogP contribution in [0.1, 0.15) is 17.2 Å². The normalized spacial score (nSPS) is 15.9. The number of benzene rings is 3. The average Bonchev–Trinajstić information content (AvgIpc) is 2.86. The van der Waals surface area contributed by atoms with Gasteiger partial charge in [-0.25, -0.2) is 14.2 Å². The van der Waals surface area contributed by atoms with Gasteiger partial charge in [-0.3, -0.25) is 5.32 Å². The molecule has 2 amide bonds. The lowest BCUT2D eigenvalue weighted by atomic mass is 10.0. The molecule has 3 aromatic rings. The highest BCUT2D eigenvalue weighted by atomic mass is 35.5. The number of guanidine groups is 1. The Morgan fingerprint density at radius 3 is 2.49 bits per heavy atom. The number of hydrogen-bond acceptors (Lipinski definition) is 3. The van der Waals surface area contributed by atoms with Crippen LogP contribution in [-0.4, -0.2) is 41.4 Å². The zero-order valence-electron chi connectivity index (χ0n) is 19.1. The summed E-state index contributed by atoms with van der Waals surface area (Å²) in [5, 5.41) is 15.5. The maximum atomic E-state index is 13.6. The summed E-state index contributed by atoms with van der Waals surface area (Å²) in [7, 11) is 0. The molecule has 1 saturated heterocycles. The molecule has 1 heterocycles. The third kappa shape index (κ3) is 5.89. The topological polar surface area (TPSA) is 83.8 Å². The van der Waals surface area contributed by atoms with Gasteiger partial charge in [0.2, 0.25) is 5.96 Å². The third-order valence-electron chi connectivity index (χ3n) is 5.80. The lowest BCUT2D eigenvalue weighted by Gasteiger charge is -2.42. The summed E-state index contributed by atoms with van der Waals surface area (Å²) in [5.74, 6) is 0.0400. The van der Waals surface area contributed by atoms with Crippen LogP contribution < -0.4 is 10.6 Å². The molecule has 2 N–H and O–H groups in total. The maximum absolute atomic E-state index is 13.6. The van der Waals surface area contributed by atoms with E-state index in [1.165, 1.54) is 12.1 Å². The van der Waals surface area contributed by atoms with Crippen molar-refractivity contribution in [3.05, 3.63) is 94.8 Å². The zero-order chi connectivity index (χ0) is 24.8. The van der Waals surface area contributed by atoms with E-state index in [1.54, 1.807) is 41.3 Å². The predicted octanol–water partition coefficient (Wildman–Crippen LogP) is 5.44. The van der Waals surface area contributed by atoms with Gasteiger partial charge in [0, 0.05) is 30.3 Å². The van der Waals surface area contributed by atoms with Gasteiger partial charge in [0.1, 0.15) is 5.82 Å².